The standard InChI is InChI=1S/C15H19N3O/c1-2-6-17-14(15-11-16-7-8-18-15)10-12-4-3-5-13(19)9-12/h3-5,7-9,11,14,17,19H,2,6,10H2,1H3. The van der Waals surface area contributed by atoms with Gasteiger partial charge in [-0.25, -0.2) is 0 Å². The Bertz CT molecular complexity index is 502. The molecule has 0 aliphatic rings. The van der Waals surface area contributed by atoms with Crippen LogP contribution in [-0.4, -0.2) is 21.6 Å². The largest absolute Gasteiger partial charge is 0.508 e. The van der Waals surface area contributed by atoms with Gasteiger partial charge in [0, 0.05) is 18.6 Å². The maximum absolute atomic E-state index is 9.52. The average molecular weight is 257 g/mol. The van der Waals surface area contributed by atoms with Crippen molar-refractivity contribution < 1.29 is 5.11 Å². The summed E-state index contributed by atoms with van der Waals surface area (Å²) in [5, 5.41) is 13.0. The minimum Gasteiger partial charge on any atom is -0.508 e. The van der Waals surface area contributed by atoms with E-state index in [1.54, 1.807) is 30.7 Å². The van der Waals surface area contributed by atoms with E-state index in [1.165, 1.54) is 0 Å². The monoisotopic (exact) mass is 257 g/mol. The number of phenols is 1. The number of nitrogens with zero attached hydrogens (tertiary/aromatic N) is 2. The predicted molar refractivity (Wildman–Crippen MR) is 74.9 cm³/mol. The molecule has 0 spiro atoms. The summed E-state index contributed by atoms with van der Waals surface area (Å²) in [6.07, 6.45) is 7.02. The lowest BCUT2D eigenvalue weighted by molar-refractivity contribution is 0.472. The van der Waals surface area contributed by atoms with Gasteiger partial charge >= 0.3 is 0 Å². The van der Waals surface area contributed by atoms with Gasteiger partial charge in [0.1, 0.15) is 5.75 Å². The highest BCUT2D eigenvalue weighted by Crippen LogP contribution is 2.19. The van der Waals surface area contributed by atoms with Gasteiger partial charge in [-0.1, -0.05) is 19.1 Å². The van der Waals surface area contributed by atoms with E-state index in [-0.39, 0.29) is 6.04 Å². The number of hydrogen-bond acceptors (Lipinski definition) is 4. The van der Waals surface area contributed by atoms with Crippen LogP contribution < -0.4 is 5.32 Å². The second-order valence-electron chi connectivity index (χ2n) is 4.51. The lowest BCUT2D eigenvalue weighted by Crippen LogP contribution is -2.25. The lowest BCUT2D eigenvalue weighted by Gasteiger charge is -2.17. The molecule has 1 aromatic carbocycles. The minimum absolute atomic E-state index is 0.121. The second-order valence-corrected chi connectivity index (χ2v) is 4.51. The van der Waals surface area contributed by atoms with Crippen molar-refractivity contribution in [1.82, 2.24) is 15.3 Å². The van der Waals surface area contributed by atoms with Crippen molar-refractivity contribution in [2.75, 3.05) is 6.54 Å². The fourth-order valence-electron chi connectivity index (χ4n) is 2.01. The Kier molecular flexibility index (Phi) is 4.86. The highest BCUT2D eigenvalue weighted by molar-refractivity contribution is 5.28. The van der Waals surface area contributed by atoms with Crippen LogP contribution in [0.2, 0.25) is 0 Å². The molecule has 0 aliphatic heterocycles. The van der Waals surface area contributed by atoms with Crippen molar-refractivity contribution >= 4 is 0 Å². The SMILES string of the molecule is CCCNC(Cc1cccc(O)c1)c1cnccn1. The van der Waals surface area contributed by atoms with Crippen molar-refractivity contribution in [3.63, 3.8) is 0 Å². The molecule has 4 nitrogen and oxygen atoms in total. The molecular weight excluding hydrogens is 238 g/mol. The van der Waals surface area contributed by atoms with Crippen LogP contribution in [0.3, 0.4) is 0 Å². The van der Waals surface area contributed by atoms with Gasteiger partial charge in [0.25, 0.3) is 0 Å². The van der Waals surface area contributed by atoms with Gasteiger partial charge in [-0.2, -0.15) is 0 Å². The van der Waals surface area contributed by atoms with E-state index < -0.39 is 0 Å². The first-order chi connectivity index (χ1) is 9.29. The molecule has 2 aromatic rings. The van der Waals surface area contributed by atoms with Crippen LogP contribution >= 0.6 is 0 Å². The average Bonchev–Trinajstić information content (AvgIpc) is 2.44. The Labute approximate surface area is 113 Å². The van der Waals surface area contributed by atoms with Crippen molar-refractivity contribution in [2.24, 2.45) is 0 Å². The first-order valence-electron chi connectivity index (χ1n) is 6.56. The summed E-state index contributed by atoms with van der Waals surface area (Å²) in [4.78, 5) is 8.48. The van der Waals surface area contributed by atoms with Gasteiger partial charge in [0.05, 0.1) is 11.7 Å². The summed E-state index contributed by atoms with van der Waals surface area (Å²) in [6.45, 7) is 3.06. The van der Waals surface area contributed by atoms with Crippen LogP contribution in [0.25, 0.3) is 0 Å². The highest BCUT2D eigenvalue weighted by atomic mass is 16.3. The Morgan fingerprint density at radius 2 is 2.21 bits per heavy atom. The summed E-state index contributed by atoms with van der Waals surface area (Å²) >= 11 is 0. The van der Waals surface area contributed by atoms with Gasteiger partial charge in [-0.05, 0) is 37.1 Å². The Balaban J connectivity index is 2.14. The third-order valence-corrected chi connectivity index (χ3v) is 2.93. The van der Waals surface area contributed by atoms with Crippen molar-refractivity contribution in [3.05, 3.63) is 54.1 Å². The number of aromatic hydroxyl groups is 1. The number of nitrogens with one attached hydrogen (secondary N) is 1. The van der Waals surface area contributed by atoms with E-state index >= 15 is 0 Å². The van der Waals surface area contributed by atoms with E-state index in [0.29, 0.717) is 5.75 Å². The zero-order chi connectivity index (χ0) is 13.5. The number of hydrogen-bond donors (Lipinski definition) is 2. The van der Waals surface area contributed by atoms with Gasteiger partial charge < -0.3 is 10.4 Å². The van der Waals surface area contributed by atoms with Crippen molar-refractivity contribution in [2.45, 2.75) is 25.8 Å². The summed E-state index contributed by atoms with van der Waals surface area (Å²) in [7, 11) is 0. The fraction of sp³-hybridized carbons (Fsp3) is 0.333. The van der Waals surface area contributed by atoms with Crippen LogP contribution in [0, 0.1) is 0 Å². The van der Waals surface area contributed by atoms with Gasteiger partial charge in [0.15, 0.2) is 0 Å². The molecule has 0 amide bonds. The molecule has 1 heterocycles. The molecule has 0 saturated heterocycles. The number of benzene rings is 1. The zero-order valence-corrected chi connectivity index (χ0v) is 11.1. The highest BCUT2D eigenvalue weighted by Gasteiger charge is 2.13. The lowest BCUT2D eigenvalue weighted by atomic mass is 10.0. The number of rotatable bonds is 6. The molecule has 0 aliphatic carbocycles. The molecule has 2 N–H and O–H groups in total. The van der Waals surface area contributed by atoms with Gasteiger partial charge in [0.2, 0.25) is 0 Å². The zero-order valence-electron chi connectivity index (χ0n) is 11.1. The Morgan fingerprint density at radius 1 is 1.32 bits per heavy atom. The Hall–Kier alpha value is -1.94. The summed E-state index contributed by atoms with van der Waals surface area (Å²) in [5.41, 5.74) is 2.01. The summed E-state index contributed by atoms with van der Waals surface area (Å²) in [5.74, 6) is 0.297. The first-order valence-corrected chi connectivity index (χ1v) is 6.56. The van der Waals surface area contributed by atoms with Gasteiger partial charge in [-0.3, -0.25) is 9.97 Å². The molecule has 1 aromatic heterocycles. The van der Waals surface area contributed by atoms with E-state index in [4.69, 9.17) is 0 Å². The first kappa shape index (κ1) is 13.5. The van der Waals surface area contributed by atoms with E-state index in [2.05, 4.69) is 22.2 Å². The number of aromatic nitrogens is 2. The molecular formula is C15H19N3O. The maximum Gasteiger partial charge on any atom is 0.115 e. The van der Waals surface area contributed by atoms with Crippen LogP contribution in [0.15, 0.2) is 42.9 Å². The molecule has 100 valence electrons. The summed E-state index contributed by atoms with van der Waals surface area (Å²) in [6, 6.07) is 7.46. The van der Waals surface area contributed by atoms with Crippen molar-refractivity contribution in [3.8, 4) is 5.75 Å². The summed E-state index contributed by atoms with van der Waals surface area (Å²) < 4.78 is 0. The predicted octanol–water partition coefficient (Wildman–Crippen LogP) is 2.47. The van der Waals surface area contributed by atoms with Crippen LogP contribution in [0.1, 0.15) is 30.6 Å². The van der Waals surface area contributed by atoms with Crippen LogP contribution in [0.4, 0.5) is 0 Å². The van der Waals surface area contributed by atoms with Crippen molar-refractivity contribution in [1.29, 1.82) is 0 Å². The molecule has 1 unspecified atom stereocenters. The molecule has 1 atom stereocenters. The molecule has 0 fully saturated rings. The topological polar surface area (TPSA) is 58.0 Å². The van der Waals surface area contributed by atoms with E-state index in [9.17, 15) is 5.11 Å². The normalized spacial score (nSPS) is 12.3. The molecule has 0 saturated carbocycles. The van der Waals surface area contributed by atoms with Crippen LogP contribution in [-0.2, 0) is 6.42 Å². The maximum atomic E-state index is 9.52. The third-order valence-electron chi connectivity index (χ3n) is 2.93. The van der Waals surface area contributed by atoms with E-state index in [1.807, 2.05) is 12.1 Å². The molecule has 19 heavy (non-hydrogen) atoms. The third kappa shape index (κ3) is 4.03. The van der Waals surface area contributed by atoms with Crippen LogP contribution in [0.5, 0.6) is 5.75 Å². The molecule has 0 radical (unpaired) electrons. The fourth-order valence-corrected chi connectivity index (χ4v) is 2.01. The van der Waals surface area contributed by atoms with Gasteiger partial charge in [-0.15, -0.1) is 0 Å². The quantitative estimate of drug-likeness (QED) is 0.834. The Morgan fingerprint density at radius 3 is 2.89 bits per heavy atom. The second kappa shape index (κ2) is 6.85. The smallest absolute Gasteiger partial charge is 0.115 e. The molecule has 0 bridgehead atoms. The number of phenolic OH excluding ortho intramolecular Hbond substituents is 1. The van der Waals surface area contributed by atoms with E-state index in [0.717, 1.165) is 30.6 Å². The minimum atomic E-state index is 0.121. The molecule has 2 rings (SSSR count). The molecule has 4 heteroatoms.